The van der Waals surface area contributed by atoms with E-state index in [1.165, 1.54) is 12.1 Å². The third-order valence-electron chi connectivity index (χ3n) is 4.59. The van der Waals surface area contributed by atoms with Gasteiger partial charge in [0.05, 0.1) is 5.56 Å². The summed E-state index contributed by atoms with van der Waals surface area (Å²) in [4.78, 5) is 4.25. The second-order valence-corrected chi connectivity index (χ2v) is 7.15. The molecule has 0 aromatic heterocycles. The summed E-state index contributed by atoms with van der Waals surface area (Å²) < 4.78 is 38.5. The molecule has 2 aromatic carbocycles. The normalized spacial score (nSPS) is 15.6. The van der Waals surface area contributed by atoms with E-state index < -0.39 is 11.7 Å². The number of hydrogen-bond acceptors (Lipinski definition) is 2. The molecule has 0 amide bonds. The van der Waals surface area contributed by atoms with Crippen LogP contribution in [0.5, 0.6) is 0 Å². The van der Waals surface area contributed by atoms with Gasteiger partial charge in [0.2, 0.25) is 0 Å². The van der Waals surface area contributed by atoms with Gasteiger partial charge >= 0.3 is 6.18 Å². The first-order valence-electron chi connectivity index (χ1n) is 8.82. The van der Waals surface area contributed by atoms with Crippen LogP contribution in [0, 0.1) is 6.92 Å². The Morgan fingerprint density at radius 2 is 1.74 bits per heavy atom. The minimum Gasteiger partial charge on any atom is -0.346 e. The summed E-state index contributed by atoms with van der Waals surface area (Å²) in [7, 11) is 0. The number of thiocarbonyl (C=S) groups is 1. The molecular formula is C20H22F3N3S. The van der Waals surface area contributed by atoms with Crippen LogP contribution in [0.15, 0.2) is 48.5 Å². The Bertz CT molecular complexity index is 799. The molecule has 0 unspecified atom stereocenters. The van der Waals surface area contributed by atoms with Crippen LogP contribution in [0.2, 0.25) is 0 Å². The quantitative estimate of drug-likeness (QED) is 0.772. The zero-order valence-electron chi connectivity index (χ0n) is 15.1. The van der Waals surface area contributed by atoms with Crippen LogP contribution in [-0.4, -0.2) is 41.1 Å². The van der Waals surface area contributed by atoms with Crippen molar-refractivity contribution in [2.24, 2.45) is 0 Å². The van der Waals surface area contributed by atoms with Crippen molar-refractivity contribution in [3.63, 3.8) is 0 Å². The molecule has 0 saturated carbocycles. The molecule has 0 atom stereocenters. The van der Waals surface area contributed by atoms with Gasteiger partial charge in [0.1, 0.15) is 0 Å². The van der Waals surface area contributed by atoms with E-state index in [1.54, 1.807) is 6.07 Å². The van der Waals surface area contributed by atoms with Gasteiger partial charge in [-0.05, 0) is 48.5 Å². The molecule has 1 N–H and O–H groups in total. The van der Waals surface area contributed by atoms with Crippen molar-refractivity contribution < 1.29 is 13.2 Å². The Hall–Kier alpha value is -2.12. The number of rotatable bonds is 3. The van der Waals surface area contributed by atoms with E-state index in [4.69, 9.17) is 12.2 Å². The van der Waals surface area contributed by atoms with Crippen LogP contribution >= 0.6 is 12.2 Å². The first kappa shape index (κ1) is 19.6. The summed E-state index contributed by atoms with van der Waals surface area (Å²) in [5.74, 6) is 0. The number of benzene rings is 2. The van der Waals surface area contributed by atoms with Gasteiger partial charge in [0, 0.05) is 38.4 Å². The van der Waals surface area contributed by atoms with E-state index in [1.807, 2.05) is 31.2 Å². The first-order chi connectivity index (χ1) is 12.8. The van der Waals surface area contributed by atoms with Crippen molar-refractivity contribution >= 4 is 23.0 Å². The predicted molar refractivity (Wildman–Crippen MR) is 106 cm³/mol. The van der Waals surface area contributed by atoms with E-state index in [-0.39, 0.29) is 0 Å². The number of nitrogens with one attached hydrogen (secondary N) is 1. The molecule has 0 aliphatic carbocycles. The standard InChI is InChI=1S/C20H22F3N3S/c1-15-4-2-7-18(12-15)24-19(27)26-10-8-25(9-11-26)14-16-5-3-6-17(13-16)20(21,22)23/h2-7,12-13H,8-11,14H2,1H3,(H,24,27). The molecule has 0 radical (unpaired) electrons. The monoisotopic (exact) mass is 393 g/mol. The topological polar surface area (TPSA) is 18.5 Å². The minimum atomic E-state index is -4.30. The van der Waals surface area contributed by atoms with Crippen LogP contribution in [0.4, 0.5) is 18.9 Å². The summed E-state index contributed by atoms with van der Waals surface area (Å²) in [6.07, 6.45) is -4.30. The van der Waals surface area contributed by atoms with E-state index in [2.05, 4.69) is 15.1 Å². The second kappa shape index (κ2) is 8.27. The van der Waals surface area contributed by atoms with Crippen LogP contribution in [0.1, 0.15) is 16.7 Å². The molecule has 7 heteroatoms. The lowest BCUT2D eigenvalue weighted by Gasteiger charge is -2.36. The van der Waals surface area contributed by atoms with Gasteiger partial charge in [-0.25, -0.2) is 0 Å². The fourth-order valence-corrected chi connectivity index (χ4v) is 3.44. The van der Waals surface area contributed by atoms with Crippen molar-refractivity contribution in [2.75, 3.05) is 31.5 Å². The fourth-order valence-electron chi connectivity index (χ4n) is 3.14. The largest absolute Gasteiger partial charge is 0.416 e. The second-order valence-electron chi connectivity index (χ2n) is 6.76. The number of aryl methyl sites for hydroxylation is 1. The lowest BCUT2D eigenvalue weighted by atomic mass is 10.1. The lowest BCUT2D eigenvalue weighted by molar-refractivity contribution is -0.137. The van der Waals surface area contributed by atoms with E-state index in [9.17, 15) is 13.2 Å². The molecule has 1 heterocycles. The van der Waals surface area contributed by atoms with E-state index in [0.717, 1.165) is 43.5 Å². The molecule has 0 bridgehead atoms. The zero-order valence-corrected chi connectivity index (χ0v) is 15.9. The molecule has 1 saturated heterocycles. The SMILES string of the molecule is Cc1cccc(NC(=S)N2CCN(Cc3cccc(C(F)(F)F)c3)CC2)c1. The smallest absolute Gasteiger partial charge is 0.346 e. The number of nitrogens with zero attached hydrogens (tertiary/aromatic N) is 2. The van der Waals surface area contributed by atoms with Gasteiger partial charge in [0.15, 0.2) is 5.11 Å². The summed E-state index contributed by atoms with van der Waals surface area (Å²) >= 11 is 5.50. The molecule has 3 rings (SSSR count). The highest BCUT2D eigenvalue weighted by Crippen LogP contribution is 2.29. The molecule has 0 spiro atoms. The maximum Gasteiger partial charge on any atom is 0.416 e. The number of alkyl halides is 3. The number of halogens is 3. The van der Waals surface area contributed by atoms with Gasteiger partial charge in [-0.2, -0.15) is 13.2 Å². The Balaban J connectivity index is 1.52. The van der Waals surface area contributed by atoms with E-state index >= 15 is 0 Å². The van der Waals surface area contributed by atoms with Crippen LogP contribution in [-0.2, 0) is 12.7 Å². The molecule has 27 heavy (non-hydrogen) atoms. The number of anilines is 1. The highest BCUT2D eigenvalue weighted by atomic mass is 32.1. The van der Waals surface area contributed by atoms with Crippen molar-refractivity contribution in [1.82, 2.24) is 9.80 Å². The van der Waals surface area contributed by atoms with Crippen LogP contribution < -0.4 is 5.32 Å². The first-order valence-corrected chi connectivity index (χ1v) is 9.23. The Morgan fingerprint density at radius 1 is 1.04 bits per heavy atom. The summed E-state index contributed by atoms with van der Waals surface area (Å²) in [6.45, 7) is 5.54. The highest BCUT2D eigenvalue weighted by Gasteiger charge is 2.30. The van der Waals surface area contributed by atoms with Crippen LogP contribution in [0.25, 0.3) is 0 Å². The summed E-state index contributed by atoms with van der Waals surface area (Å²) in [5, 5.41) is 3.93. The summed E-state index contributed by atoms with van der Waals surface area (Å²) in [5.41, 5.74) is 2.21. The number of piperazine rings is 1. The maximum absolute atomic E-state index is 12.8. The average molecular weight is 393 g/mol. The molecule has 1 aliphatic heterocycles. The van der Waals surface area contributed by atoms with Gasteiger partial charge < -0.3 is 10.2 Å². The molecule has 1 aliphatic rings. The fraction of sp³-hybridized carbons (Fsp3) is 0.350. The minimum absolute atomic E-state index is 0.510. The average Bonchev–Trinajstić information content (AvgIpc) is 2.62. The third kappa shape index (κ3) is 5.43. The van der Waals surface area contributed by atoms with Crippen LogP contribution in [0.3, 0.4) is 0 Å². The van der Waals surface area contributed by atoms with Gasteiger partial charge in [-0.15, -0.1) is 0 Å². The lowest BCUT2D eigenvalue weighted by Crippen LogP contribution is -2.49. The zero-order chi connectivity index (χ0) is 19.4. The van der Waals surface area contributed by atoms with Gasteiger partial charge in [0.25, 0.3) is 0 Å². The Labute approximate surface area is 162 Å². The molecular weight excluding hydrogens is 371 g/mol. The predicted octanol–water partition coefficient (Wildman–Crippen LogP) is 4.53. The van der Waals surface area contributed by atoms with Crippen molar-refractivity contribution in [1.29, 1.82) is 0 Å². The molecule has 144 valence electrons. The molecule has 1 fully saturated rings. The summed E-state index contributed by atoms with van der Waals surface area (Å²) in [6, 6.07) is 13.6. The number of hydrogen-bond donors (Lipinski definition) is 1. The van der Waals surface area contributed by atoms with Gasteiger partial charge in [-0.1, -0.05) is 30.3 Å². The Morgan fingerprint density at radius 3 is 2.41 bits per heavy atom. The maximum atomic E-state index is 12.8. The van der Waals surface area contributed by atoms with Gasteiger partial charge in [-0.3, -0.25) is 4.90 Å². The van der Waals surface area contributed by atoms with E-state index in [0.29, 0.717) is 17.2 Å². The Kier molecular flexibility index (Phi) is 6.01. The van der Waals surface area contributed by atoms with Crippen molar-refractivity contribution in [2.45, 2.75) is 19.6 Å². The van der Waals surface area contributed by atoms with Crippen molar-refractivity contribution in [3.05, 3.63) is 65.2 Å². The molecule has 2 aromatic rings. The highest BCUT2D eigenvalue weighted by molar-refractivity contribution is 7.80. The van der Waals surface area contributed by atoms with Crippen molar-refractivity contribution in [3.8, 4) is 0 Å². The molecule has 3 nitrogen and oxygen atoms in total. The third-order valence-corrected chi connectivity index (χ3v) is 4.95.